The highest BCUT2D eigenvalue weighted by molar-refractivity contribution is 5.97. The van der Waals surface area contributed by atoms with Gasteiger partial charge in [-0.15, -0.1) is 0 Å². The Hall–Kier alpha value is -1.78. The van der Waals surface area contributed by atoms with Crippen LogP contribution < -0.4 is 11.1 Å². The van der Waals surface area contributed by atoms with Gasteiger partial charge in [0.25, 0.3) is 0 Å². The van der Waals surface area contributed by atoms with Gasteiger partial charge in [-0.3, -0.25) is 0 Å². The van der Waals surface area contributed by atoms with E-state index >= 15 is 0 Å². The average Bonchev–Trinajstić information content (AvgIpc) is 2.26. The zero-order valence-electron chi connectivity index (χ0n) is 9.78. The van der Waals surface area contributed by atoms with Gasteiger partial charge < -0.3 is 15.8 Å². The van der Waals surface area contributed by atoms with Crippen molar-refractivity contribution in [3.63, 3.8) is 0 Å². The minimum Gasteiger partial charge on any atom is -0.465 e. The Morgan fingerprint density at radius 1 is 1.62 bits per heavy atom. The monoisotopic (exact) mass is 223 g/mol. The number of nitrogen functional groups attached to an aromatic ring is 1. The smallest absolute Gasteiger partial charge is 0.340 e. The van der Waals surface area contributed by atoms with E-state index in [2.05, 4.69) is 28.9 Å². The van der Waals surface area contributed by atoms with Crippen molar-refractivity contribution in [2.24, 2.45) is 5.92 Å². The van der Waals surface area contributed by atoms with Crippen molar-refractivity contribution >= 4 is 17.5 Å². The summed E-state index contributed by atoms with van der Waals surface area (Å²) >= 11 is 0. The Balaban J connectivity index is 2.90. The minimum atomic E-state index is -0.451. The van der Waals surface area contributed by atoms with Gasteiger partial charge in [0.1, 0.15) is 5.82 Å². The SMILES string of the molecule is COC(=O)c1ccnc(NCC(C)C)c1N. The Kier molecular flexibility index (Phi) is 4.10. The van der Waals surface area contributed by atoms with E-state index in [1.165, 1.54) is 13.3 Å². The number of rotatable bonds is 4. The molecule has 0 amide bonds. The number of methoxy groups -OCH3 is 1. The molecule has 0 aliphatic heterocycles. The Morgan fingerprint density at radius 3 is 2.88 bits per heavy atom. The molecule has 0 bridgehead atoms. The standard InChI is InChI=1S/C11H17N3O2/c1-7(2)6-14-10-9(12)8(4-5-13-10)11(15)16-3/h4-5,7H,6,12H2,1-3H3,(H,13,14). The van der Waals surface area contributed by atoms with Gasteiger partial charge in [0.05, 0.1) is 18.4 Å². The van der Waals surface area contributed by atoms with Crippen LogP contribution in [0.3, 0.4) is 0 Å². The van der Waals surface area contributed by atoms with E-state index in [1.807, 2.05) is 0 Å². The van der Waals surface area contributed by atoms with Crippen LogP contribution in [0.4, 0.5) is 11.5 Å². The molecule has 3 N–H and O–H groups in total. The summed E-state index contributed by atoms with van der Waals surface area (Å²) in [5, 5.41) is 3.09. The maximum Gasteiger partial charge on any atom is 0.340 e. The number of hydrogen-bond acceptors (Lipinski definition) is 5. The lowest BCUT2D eigenvalue weighted by Crippen LogP contribution is -2.13. The summed E-state index contributed by atoms with van der Waals surface area (Å²) < 4.78 is 4.62. The second-order valence-electron chi connectivity index (χ2n) is 3.89. The van der Waals surface area contributed by atoms with E-state index < -0.39 is 5.97 Å². The fourth-order valence-corrected chi connectivity index (χ4v) is 1.20. The van der Waals surface area contributed by atoms with Crippen LogP contribution >= 0.6 is 0 Å². The van der Waals surface area contributed by atoms with Crippen LogP contribution in [0.25, 0.3) is 0 Å². The molecule has 1 aromatic rings. The second kappa shape index (κ2) is 5.34. The van der Waals surface area contributed by atoms with Gasteiger partial charge in [-0.2, -0.15) is 0 Å². The molecule has 0 aliphatic rings. The van der Waals surface area contributed by atoms with Crippen molar-refractivity contribution in [3.8, 4) is 0 Å². The second-order valence-corrected chi connectivity index (χ2v) is 3.89. The lowest BCUT2D eigenvalue weighted by molar-refractivity contribution is 0.0602. The zero-order chi connectivity index (χ0) is 12.1. The molecule has 1 heterocycles. The number of nitrogens with two attached hydrogens (primary N) is 1. The largest absolute Gasteiger partial charge is 0.465 e. The van der Waals surface area contributed by atoms with Crippen molar-refractivity contribution in [2.45, 2.75) is 13.8 Å². The molecule has 0 unspecified atom stereocenters. The molecule has 5 heteroatoms. The van der Waals surface area contributed by atoms with Crippen molar-refractivity contribution < 1.29 is 9.53 Å². The number of aromatic nitrogens is 1. The Bertz CT molecular complexity index is 377. The third-order valence-electron chi connectivity index (χ3n) is 2.07. The number of carbonyl (C=O) groups excluding carboxylic acids is 1. The molecule has 0 fully saturated rings. The van der Waals surface area contributed by atoms with Gasteiger partial charge in [0, 0.05) is 12.7 Å². The zero-order valence-corrected chi connectivity index (χ0v) is 9.78. The maximum absolute atomic E-state index is 11.4. The molecule has 0 spiro atoms. The molecule has 16 heavy (non-hydrogen) atoms. The van der Waals surface area contributed by atoms with E-state index in [-0.39, 0.29) is 0 Å². The van der Waals surface area contributed by atoms with Crippen LogP contribution in [-0.4, -0.2) is 24.6 Å². The fraction of sp³-hybridized carbons (Fsp3) is 0.455. The number of pyridine rings is 1. The number of hydrogen-bond donors (Lipinski definition) is 2. The normalized spacial score (nSPS) is 10.2. The lowest BCUT2D eigenvalue weighted by Gasteiger charge is -2.12. The molecular weight excluding hydrogens is 206 g/mol. The summed E-state index contributed by atoms with van der Waals surface area (Å²) in [6.45, 7) is 4.91. The quantitative estimate of drug-likeness (QED) is 0.757. The van der Waals surface area contributed by atoms with E-state index in [0.717, 1.165) is 6.54 Å². The molecule has 0 saturated carbocycles. The molecule has 0 aromatic carbocycles. The summed E-state index contributed by atoms with van der Waals surface area (Å²) in [5.41, 5.74) is 6.49. The number of ether oxygens (including phenoxy) is 1. The highest BCUT2D eigenvalue weighted by Gasteiger charge is 2.13. The predicted molar refractivity (Wildman–Crippen MR) is 63.3 cm³/mol. The average molecular weight is 223 g/mol. The lowest BCUT2D eigenvalue weighted by atomic mass is 10.2. The van der Waals surface area contributed by atoms with Crippen molar-refractivity contribution in [3.05, 3.63) is 17.8 Å². The van der Waals surface area contributed by atoms with E-state index in [9.17, 15) is 4.79 Å². The topological polar surface area (TPSA) is 77.2 Å². The van der Waals surface area contributed by atoms with Crippen LogP contribution in [0.15, 0.2) is 12.3 Å². The molecule has 5 nitrogen and oxygen atoms in total. The molecule has 0 saturated heterocycles. The number of anilines is 2. The van der Waals surface area contributed by atoms with E-state index in [1.54, 1.807) is 6.07 Å². The first kappa shape index (κ1) is 12.3. The summed E-state index contributed by atoms with van der Waals surface area (Å²) in [7, 11) is 1.32. The van der Waals surface area contributed by atoms with E-state index in [0.29, 0.717) is 23.0 Å². The predicted octanol–water partition coefficient (Wildman–Crippen LogP) is 1.52. The molecule has 1 rings (SSSR count). The third kappa shape index (κ3) is 2.85. The fourth-order valence-electron chi connectivity index (χ4n) is 1.20. The first-order valence-corrected chi connectivity index (χ1v) is 5.13. The van der Waals surface area contributed by atoms with Gasteiger partial charge in [-0.1, -0.05) is 13.8 Å². The van der Waals surface area contributed by atoms with Gasteiger partial charge >= 0.3 is 5.97 Å². The Morgan fingerprint density at radius 2 is 2.31 bits per heavy atom. The van der Waals surface area contributed by atoms with Crippen LogP contribution in [-0.2, 0) is 4.74 Å². The van der Waals surface area contributed by atoms with Crippen LogP contribution in [0.1, 0.15) is 24.2 Å². The van der Waals surface area contributed by atoms with Crippen LogP contribution in [0.2, 0.25) is 0 Å². The molecule has 0 aliphatic carbocycles. The van der Waals surface area contributed by atoms with Gasteiger partial charge in [-0.25, -0.2) is 9.78 Å². The van der Waals surface area contributed by atoms with Crippen LogP contribution in [0.5, 0.6) is 0 Å². The summed E-state index contributed by atoms with van der Waals surface area (Å²) in [6, 6.07) is 1.54. The van der Waals surface area contributed by atoms with Gasteiger partial charge in [-0.05, 0) is 12.0 Å². The summed E-state index contributed by atoms with van der Waals surface area (Å²) in [6.07, 6.45) is 1.53. The first-order chi connectivity index (χ1) is 7.56. The van der Waals surface area contributed by atoms with Gasteiger partial charge in [0.2, 0.25) is 0 Å². The third-order valence-corrected chi connectivity index (χ3v) is 2.07. The molecule has 0 radical (unpaired) electrons. The minimum absolute atomic E-state index is 0.329. The molecular formula is C11H17N3O2. The number of carbonyl (C=O) groups is 1. The number of esters is 1. The highest BCUT2D eigenvalue weighted by Crippen LogP contribution is 2.20. The van der Waals surface area contributed by atoms with Gasteiger partial charge in [0.15, 0.2) is 0 Å². The molecule has 88 valence electrons. The van der Waals surface area contributed by atoms with Crippen molar-refractivity contribution in [1.82, 2.24) is 4.98 Å². The first-order valence-electron chi connectivity index (χ1n) is 5.13. The maximum atomic E-state index is 11.4. The number of nitrogens with zero attached hydrogens (tertiary/aromatic N) is 1. The highest BCUT2D eigenvalue weighted by atomic mass is 16.5. The Labute approximate surface area is 95.0 Å². The molecule has 1 aromatic heterocycles. The number of nitrogens with one attached hydrogen (secondary N) is 1. The summed E-state index contributed by atoms with van der Waals surface area (Å²) in [5.74, 6) is 0.548. The summed E-state index contributed by atoms with van der Waals surface area (Å²) in [4.78, 5) is 15.5. The van der Waals surface area contributed by atoms with E-state index in [4.69, 9.17) is 5.73 Å². The van der Waals surface area contributed by atoms with Crippen molar-refractivity contribution in [1.29, 1.82) is 0 Å². The molecule has 0 atom stereocenters. The van der Waals surface area contributed by atoms with Crippen molar-refractivity contribution in [2.75, 3.05) is 24.7 Å². The van der Waals surface area contributed by atoms with Crippen LogP contribution in [0, 0.1) is 5.92 Å².